The van der Waals surface area contributed by atoms with Crippen molar-refractivity contribution in [2.24, 2.45) is 0 Å². The smallest absolute Gasteiger partial charge is 0.359 e. The third-order valence-electron chi connectivity index (χ3n) is 2.87. The van der Waals surface area contributed by atoms with Crippen molar-refractivity contribution in [2.45, 2.75) is 18.9 Å². The van der Waals surface area contributed by atoms with Gasteiger partial charge in [0.2, 0.25) is 5.78 Å². The highest BCUT2D eigenvalue weighted by atomic mass is 19.1. The molecule has 2 rings (SSSR count). The number of fused-ring (bicyclic) bond motifs is 1. The van der Waals surface area contributed by atoms with Crippen LogP contribution in [0.4, 0.5) is 4.39 Å². The quantitative estimate of drug-likeness (QED) is 0.475. The number of ketones is 1. The van der Waals surface area contributed by atoms with E-state index in [0.717, 1.165) is 6.07 Å². The van der Waals surface area contributed by atoms with E-state index < -0.39 is 23.2 Å². The number of esters is 1. The van der Waals surface area contributed by atoms with E-state index in [9.17, 15) is 14.0 Å². The molecule has 0 radical (unpaired) electrons. The van der Waals surface area contributed by atoms with E-state index in [4.69, 9.17) is 9.47 Å². The fourth-order valence-electron chi connectivity index (χ4n) is 2.02. The molecule has 0 fully saturated rings. The molecule has 1 aliphatic heterocycles. The van der Waals surface area contributed by atoms with Gasteiger partial charge in [-0.1, -0.05) is 6.08 Å². The van der Waals surface area contributed by atoms with E-state index in [1.54, 1.807) is 6.92 Å². The van der Waals surface area contributed by atoms with Crippen LogP contribution in [0.15, 0.2) is 30.9 Å². The van der Waals surface area contributed by atoms with Gasteiger partial charge in [0.05, 0.1) is 12.2 Å². The van der Waals surface area contributed by atoms with Crippen LogP contribution in [-0.2, 0) is 9.53 Å². The Balaban J connectivity index is 2.47. The van der Waals surface area contributed by atoms with Crippen molar-refractivity contribution in [3.05, 3.63) is 42.2 Å². The number of Topliss-reactive ketones (excluding diaryl/α,β-unsaturated/α-hetero) is 1. The molecule has 1 aromatic rings. The first kappa shape index (κ1) is 13.3. The Labute approximate surface area is 109 Å². The van der Waals surface area contributed by atoms with Gasteiger partial charge in [0.1, 0.15) is 11.6 Å². The van der Waals surface area contributed by atoms with Gasteiger partial charge in [-0.05, 0) is 25.1 Å². The van der Waals surface area contributed by atoms with Gasteiger partial charge < -0.3 is 9.47 Å². The highest BCUT2D eigenvalue weighted by molar-refractivity contribution is 6.19. The molecule has 5 heteroatoms. The van der Waals surface area contributed by atoms with Crippen LogP contribution in [0.25, 0.3) is 0 Å². The van der Waals surface area contributed by atoms with Crippen LogP contribution in [0.5, 0.6) is 5.75 Å². The Morgan fingerprint density at radius 2 is 2.32 bits per heavy atom. The van der Waals surface area contributed by atoms with E-state index in [1.807, 2.05) is 0 Å². The van der Waals surface area contributed by atoms with Gasteiger partial charge in [0.25, 0.3) is 5.60 Å². The molecule has 0 N–H and O–H groups in total. The first-order valence-corrected chi connectivity index (χ1v) is 5.86. The van der Waals surface area contributed by atoms with Crippen molar-refractivity contribution >= 4 is 11.8 Å². The zero-order valence-electron chi connectivity index (χ0n) is 10.4. The molecule has 0 aliphatic carbocycles. The van der Waals surface area contributed by atoms with Crippen LogP contribution >= 0.6 is 0 Å². The lowest BCUT2D eigenvalue weighted by Gasteiger charge is -2.23. The van der Waals surface area contributed by atoms with Crippen LogP contribution in [0.2, 0.25) is 0 Å². The fourth-order valence-corrected chi connectivity index (χ4v) is 2.02. The molecule has 0 amide bonds. The summed E-state index contributed by atoms with van der Waals surface area (Å²) in [5, 5.41) is 0. The van der Waals surface area contributed by atoms with Gasteiger partial charge in [-0.25, -0.2) is 9.18 Å². The van der Waals surface area contributed by atoms with Crippen LogP contribution in [0, 0.1) is 5.82 Å². The number of benzene rings is 1. The van der Waals surface area contributed by atoms with Crippen molar-refractivity contribution in [1.29, 1.82) is 0 Å². The van der Waals surface area contributed by atoms with Gasteiger partial charge in [0, 0.05) is 6.42 Å². The molecule has 1 atom stereocenters. The molecule has 4 nitrogen and oxygen atoms in total. The van der Waals surface area contributed by atoms with Gasteiger partial charge in [-0.15, -0.1) is 6.58 Å². The summed E-state index contributed by atoms with van der Waals surface area (Å²) in [7, 11) is 0. The van der Waals surface area contributed by atoms with Crippen LogP contribution in [0.1, 0.15) is 23.7 Å². The minimum absolute atomic E-state index is 0.0268. The fraction of sp³-hybridized carbons (Fsp3) is 0.286. The number of hydrogen-bond donors (Lipinski definition) is 0. The SMILES string of the molecule is C=CCC1(C(=O)OCC)Oc2ccc(F)cc2C1=O. The molecule has 100 valence electrons. The van der Waals surface area contributed by atoms with Crippen molar-refractivity contribution in [2.75, 3.05) is 6.61 Å². The van der Waals surface area contributed by atoms with E-state index in [1.165, 1.54) is 18.2 Å². The molecule has 1 aromatic carbocycles. The molecule has 0 bridgehead atoms. The number of hydrogen-bond acceptors (Lipinski definition) is 4. The van der Waals surface area contributed by atoms with Crippen molar-refractivity contribution in [3.63, 3.8) is 0 Å². The Bertz CT molecular complexity index is 552. The van der Waals surface area contributed by atoms with E-state index >= 15 is 0 Å². The summed E-state index contributed by atoms with van der Waals surface area (Å²) in [6.45, 7) is 5.27. The summed E-state index contributed by atoms with van der Waals surface area (Å²) in [4.78, 5) is 24.3. The van der Waals surface area contributed by atoms with Gasteiger partial charge in [0.15, 0.2) is 0 Å². The third kappa shape index (κ3) is 2.01. The second-order valence-electron chi connectivity index (χ2n) is 4.11. The second kappa shape index (κ2) is 4.84. The number of carbonyl (C=O) groups excluding carboxylic acids is 2. The maximum absolute atomic E-state index is 13.2. The monoisotopic (exact) mass is 264 g/mol. The number of halogens is 1. The van der Waals surface area contributed by atoms with Crippen LogP contribution in [0.3, 0.4) is 0 Å². The molecule has 0 spiro atoms. The zero-order chi connectivity index (χ0) is 14.0. The number of carbonyl (C=O) groups is 2. The van der Waals surface area contributed by atoms with E-state index in [2.05, 4.69) is 6.58 Å². The van der Waals surface area contributed by atoms with Crippen molar-refractivity contribution in [1.82, 2.24) is 0 Å². The average molecular weight is 264 g/mol. The normalized spacial score (nSPS) is 20.6. The average Bonchev–Trinajstić information content (AvgIpc) is 2.65. The van der Waals surface area contributed by atoms with E-state index in [-0.39, 0.29) is 24.3 Å². The standard InChI is InChI=1S/C14H13FO4/c1-3-7-14(13(17)18-4-2)12(16)10-8-9(15)5-6-11(10)19-14/h3,5-6,8H,1,4,7H2,2H3. The maximum atomic E-state index is 13.2. The largest absolute Gasteiger partial charge is 0.466 e. The number of rotatable bonds is 4. The summed E-state index contributed by atoms with van der Waals surface area (Å²) < 4.78 is 23.5. The van der Waals surface area contributed by atoms with Crippen LogP contribution < -0.4 is 4.74 Å². The molecule has 1 unspecified atom stereocenters. The molecular formula is C14H13FO4. The molecule has 0 saturated carbocycles. The van der Waals surface area contributed by atoms with Crippen molar-refractivity contribution in [3.8, 4) is 5.75 Å². The molecule has 0 saturated heterocycles. The number of ether oxygens (including phenoxy) is 2. The summed E-state index contributed by atoms with van der Waals surface area (Å²) >= 11 is 0. The van der Waals surface area contributed by atoms with Crippen molar-refractivity contribution < 1.29 is 23.5 Å². The minimum Gasteiger partial charge on any atom is -0.466 e. The zero-order valence-corrected chi connectivity index (χ0v) is 10.4. The van der Waals surface area contributed by atoms with Gasteiger partial charge >= 0.3 is 5.97 Å². The maximum Gasteiger partial charge on any atom is 0.359 e. The highest BCUT2D eigenvalue weighted by Gasteiger charge is 2.54. The van der Waals surface area contributed by atoms with Gasteiger partial charge in [-0.2, -0.15) is 0 Å². The summed E-state index contributed by atoms with van der Waals surface area (Å²) in [6.07, 6.45) is 1.37. The lowest BCUT2D eigenvalue weighted by atomic mass is 9.92. The highest BCUT2D eigenvalue weighted by Crippen LogP contribution is 2.38. The summed E-state index contributed by atoms with van der Waals surface area (Å²) in [5.41, 5.74) is -1.72. The van der Waals surface area contributed by atoms with E-state index in [0.29, 0.717) is 0 Å². The predicted octanol–water partition coefficient (Wildman–Crippen LogP) is 2.28. The predicted molar refractivity (Wildman–Crippen MR) is 65.5 cm³/mol. The Hall–Kier alpha value is -2.17. The lowest BCUT2D eigenvalue weighted by molar-refractivity contribution is -0.156. The van der Waals surface area contributed by atoms with Gasteiger partial charge in [-0.3, -0.25) is 4.79 Å². The third-order valence-corrected chi connectivity index (χ3v) is 2.87. The van der Waals surface area contributed by atoms with Crippen LogP contribution in [-0.4, -0.2) is 24.0 Å². The second-order valence-corrected chi connectivity index (χ2v) is 4.11. The molecule has 19 heavy (non-hydrogen) atoms. The summed E-state index contributed by atoms with van der Waals surface area (Å²) in [6, 6.07) is 3.55. The lowest BCUT2D eigenvalue weighted by Crippen LogP contribution is -2.49. The Kier molecular flexibility index (Phi) is 3.38. The minimum atomic E-state index is -1.77. The Morgan fingerprint density at radius 1 is 1.58 bits per heavy atom. The molecule has 0 aromatic heterocycles. The first-order valence-electron chi connectivity index (χ1n) is 5.86. The molecule has 1 aliphatic rings. The topological polar surface area (TPSA) is 52.6 Å². The molecule has 1 heterocycles. The summed E-state index contributed by atoms with van der Waals surface area (Å²) in [5.74, 6) is -1.76. The molecular weight excluding hydrogens is 251 g/mol. The Morgan fingerprint density at radius 3 is 2.95 bits per heavy atom. The first-order chi connectivity index (χ1) is 9.05.